The molecule has 5 nitrogen and oxygen atoms in total. The normalized spacial score (nSPS) is 18.9. The van der Waals surface area contributed by atoms with E-state index in [0.29, 0.717) is 6.42 Å². The molecule has 0 aliphatic carbocycles. The third-order valence-electron chi connectivity index (χ3n) is 3.43. The largest absolute Gasteiger partial charge is 0.481 e. The van der Waals surface area contributed by atoms with Crippen LogP contribution in [0.1, 0.15) is 28.2 Å². The van der Waals surface area contributed by atoms with Crippen LogP contribution >= 0.6 is 0 Å². The van der Waals surface area contributed by atoms with Crippen molar-refractivity contribution in [2.45, 2.75) is 19.5 Å². The summed E-state index contributed by atoms with van der Waals surface area (Å²) < 4.78 is 37.6. The van der Waals surface area contributed by atoms with Crippen LogP contribution in [0.15, 0.2) is 12.1 Å². The number of carboxylic acid groups (broad SMARTS) is 1. The molecule has 1 amide bonds. The van der Waals surface area contributed by atoms with E-state index in [1.807, 2.05) is 0 Å². The number of carbonyl (C=O) groups is 2. The number of aryl methyl sites for hydroxylation is 1. The Balaban J connectivity index is 2.19. The van der Waals surface area contributed by atoms with Crippen LogP contribution in [0, 0.1) is 12.8 Å². The molecule has 0 aromatic carbocycles. The van der Waals surface area contributed by atoms with E-state index in [9.17, 15) is 22.8 Å². The number of rotatable bonds is 2. The van der Waals surface area contributed by atoms with Gasteiger partial charge in [0.05, 0.1) is 17.2 Å². The molecule has 1 aliphatic rings. The van der Waals surface area contributed by atoms with Crippen molar-refractivity contribution in [1.29, 1.82) is 0 Å². The smallest absolute Gasteiger partial charge is 0.433 e. The van der Waals surface area contributed by atoms with E-state index in [1.54, 1.807) is 0 Å². The fourth-order valence-electron chi connectivity index (χ4n) is 2.26. The Morgan fingerprint density at radius 3 is 2.52 bits per heavy atom. The van der Waals surface area contributed by atoms with Gasteiger partial charge >= 0.3 is 12.1 Å². The van der Waals surface area contributed by atoms with Gasteiger partial charge in [-0.15, -0.1) is 0 Å². The summed E-state index contributed by atoms with van der Waals surface area (Å²) in [5, 5.41) is 8.89. The maximum absolute atomic E-state index is 12.5. The number of nitrogens with zero attached hydrogens (tertiary/aromatic N) is 2. The molecule has 1 atom stereocenters. The standard InChI is InChI=1S/C13H13F3N2O3/c1-7-9(2-3-10(17-7)13(14,15)16)11(19)18-5-4-8(6-18)12(20)21/h2-3,8H,4-6H2,1H3,(H,20,21)/t8-/m0/s1. The highest BCUT2D eigenvalue weighted by Gasteiger charge is 2.35. The summed E-state index contributed by atoms with van der Waals surface area (Å²) >= 11 is 0. The first-order valence-corrected chi connectivity index (χ1v) is 6.27. The number of carboxylic acids is 1. The number of carbonyl (C=O) groups excluding carboxylic acids is 1. The van der Waals surface area contributed by atoms with Crippen LogP contribution in [0.2, 0.25) is 0 Å². The van der Waals surface area contributed by atoms with Crippen LogP contribution < -0.4 is 0 Å². The molecule has 1 fully saturated rings. The van der Waals surface area contributed by atoms with Crippen LogP contribution in [0.4, 0.5) is 13.2 Å². The van der Waals surface area contributed by atoms with Gasteiger partial charge in [-0.2, -0.15) is 13.2 Å². The molecule has 0 unspecified atom stereocenters. The van der Waals surface area contributed by atoms with E-state index in [0.717, 1.165) is 12.1 Å². The summed E-state index contributed by atoms with van der Waals surface area (Å²) in [6.45, 7) is 1.66. The second-order valence-electron chi connectivity index (χ2n) is 4.90. The Labute approximate surface area is 118 Å². The van der Waals surface area contributed by atoms with Gasteiger partial charge in [0.2, 0.25) is 0 Å². The van der Waals surface area contributed by atoms with Crippen molar-refractivity contribution in [3.63, 3.8) is 0 Å². The van der Waals surface area contributed by atoms with Gasteiger partial charge in [-0.1, -0.05) is 0 Å². The molecule has 0 radical (unpaired) electrons. The van der Waals surface area contributed by atoms with Crippen molar-refractivity contribution < 1.29 is 27.9 Å². The average molecular weight is 302 g/mol. The highest BCUT2D eigenvalue weighted by Crippen LogP contribution is 2.28. The number of hydrogen-bond acceptors (Lipinski definition) is 3. The number of alkyl halides is 3. The summed E-state index contributed by atoms with van der Waals surface area (Å²) in [7, 11) is 0. The molecular formula is C13H13F3N2O3. The van der Waals surface area contributed by atoms with E-state index in [4.69, 9.17) is 5.11 Å². The Kier molecular flexibility index (Phi) is 3.89. The van der Waals surface area contributed by atoms with Crippen molar-refractivity contribution in [2.75, 3.05) is 13.1 Å². The second kappa shape index (κ2) is 5.34. The Hall–Kier alpha value is -2.12. The SMILES string of the molecule is Cc1nc(C(F)(F)F)ccc1C(=O)N1CC[C@H](C(=O)O)C1. The maximum atomic E-state index is 12.5. The molecule has 1 aromatic rings. The van der Waals surface area contributed by atoms with Crippen molar-refractivity contribution >= 4 is 11.9 Å². The van der Waals surface area contributed by atoms with Crippen LogP contribution in [0.25, 0.3) is 0 Å². The van der Waals surface area contributed by atoms with Crippen molar-refractivity contribution in [1.82, 2.24) is 9.88 Å². The van der Waals surface area contributed by atoms with E-state index in [-0.39, 0.29) is 24.3 Å². The predicted molar refractivity (Wildman–Crippen MR) is 65.6 cm³/mol. The number of halogens is 3. The number of aliphatic carboxylic acids is 1. The van der Waals surface area contributed by atoms with Gasteiger partial charge in [0.25, 0.3) is 5.91 Å². The number of pyridine rings is 1. The maximum Gasteiger partial charge on any atom is 0.433 e. The van der Waals surface area contributed by atoms with Crippen molar-refractivity contribution in [3.05, 3.63) is 29.1 Å². The van der Waals surface area contributed by atoms with Gasteiger partial charge in [-0.3, -0.25) is 9.59 Å². The minimum absolute atomic E-state index is 0.0198. The highest BCUT2D eigenvalue weighted by molar-refractivity contribution is 5.95. The summed E-state index contributed by atoms with van der Waals surface area (Å²) in [4.78, 5) is 27.8. The van der Waals surface area contributed by atoms with E-state index < -0.39 is 29.7 Å². The van der Waals surface area contributed by atoms with Crippen LogP contribution in [0.5, 0.6) is 0 Å². The van der Waals surface area contributed by atoms with Gasteiger partial charge in [-0.25, -0.2) is 4.98 Å². The summed E-state index contributed by atoms with van der Waals surface area (Å²) in [5.41, 5.74) is -1.01. The topological polar surface area (TPSA) is 70.5 Å². The molecule has 1 aliphatic heterocycles. The van der Waals surface area contributed by atoms with E-state index in [2.05, 4.69) is 4.98 Å². The third-order valence-corrected chi connectivity index (χ3v) is 3.43. The Morgan fingerprint density at radius 2 is 2.05 bits per heavy atom. The number of amides is 1. The minimum Gasteiger partial charge on any atom is -0.481 e. The fourth-order valence-corrected chi connectivity index (χ4v) is 2.26. The lowest BCUT2D eigenvalue weighted by molar-refractivity contribution is -0.142. The van der Waals surface area contributed by atoms with Gasteiger partial charge < -0.3 is 10.0 Å². The lowest BCUT2D eigenvalue weighted by atomic mass is 10.1. The average Bonchev–Trinajstić information content (AvgIpc) is 2.86. The molecule has 0 saturated carbocycles. The lowest BCUT2D eigenvalue weighted by Gasteiger charge is -2.17. The molecular weight excluding hydrogens is 289 g/mol. The summed E-state index contributed by atoms with van der Waals surface area (Å²) in [5.74, 6) is -2.10. The minimum atomic E-state index is -4.56. The number of hydrogen-bond donors (Lipinski definition) is 1. The first-order chi connectivity index (χ1) is 9.70. The third kappa shape index (κ3) is 3.14. The summed E-state index contributed by atoms with van der Waals surface area (Å²) in [6.07, 6.45) is -4.22. The zero-order valence-electron chi connectivity index (χ0n) is 11.1. The first kappa shape index (κ1) is 15.3. The summed E-state index contributed by atoms with van der Waals surface area (Å²) in [6, 6.07) is 1.84. The monoisotopic (exact) mass is 302 g/mol. The molecule has 1 N–H and O–H groups in total. The number of likely N-dealkylation sites (tertiary alicyclic amines) is 1. The molecule has 21 heavy (non-hydrogen) atoms. The molecule has 8 heteroatoms. The van der Waals surface area contributed by atoms with Gasteiger partial charge in [0.15, 0.2) is 0 Å². The van der Waals surface area contributed by atoms with Crippen molar-refractivity contribution in [3.8, 4) is 0 Å². The van der Waals surface area contributed by atoms with E-state index >= 15 is 0 Å². The van der Waals surface area contributed by atoms with Gasteiger partial charge in [0.1, 0.15) is 5.69 Å². The highest BCUT2D eigenvalue weighted by atomic mass is 19.4. The van der Waals surface area contributed by atoms with Crippen LogP contribution in [0.3, 0.4) is 0 Å². The van der Waals surface area contributed by atoms with Crippen LogP contribution in [-0.2, 0) is 11.0 Å². The first-order valence-electron chi connectivity index (χ1n) is 6.27. The zero-order chi connectivity index (χ0) is 15.8. The van der Waals surface area contributed by atoms with Crippen molar-refractivity contribution in [2.24, 2.45) is 5.92 Å². The van der Waals surface area contributed by atoms with Gasteiger partial charge in [-0.05, 0) is 25.5 Å². The molecule has 0 spiro atoms. The van der Waals surface area contributed by atoms with E-state index in [1.165, 1.54) is 11.8 Å². The molecule has 1 saturated heterocycles. The molecule has 114 valence electrons. The second-order valence-corrected chi connectivity index (χ2v) is 4.90. The van der Waals surface area contributed by atoms with Crippen LogP contribution in [-0.4, -0.2) is 40.0 Å². The predicted octanol–water partition coefficient (Wildman–Crippen LogP) is 1.96. The molecule has 2 rings (SSSR count). The fraction of sp³-hybridized carbons (Fsp3) is 0.462. The zero-order valence-corrected chi connectivity index (χ0v) is 11.1. The molecule has 1 aromatic heterocycles. The Morgan fingerprint density at radius 1 is 1.38 bits per heavy atom. The quantitative estimate of drug-likeness (QED) is 0.906. The number of aromatic nitrogens is 1. The van der Waals surface area contributed by atoms with Gasteiger partial charge in [0, 0.05) is 13.1 Å². The molecule has 2 heterocycles. The Bertz CT molecular complexity index is 587. The lowest BCUT2D eigenvalue weighted by Crippen LogP contribution is -2.30. The molecule has 0 bridgehead atoms.